The molecular weight excluding hydrogens is 281 g/mol. The van der Waals surface area contributed by atoms with E-state index in [-0.39, 0.29) is 11.7 Å². The largest absolute Gasteiger partial charge is 0.497 e. The van der Waals surface area contributed by atoms with Crippen LogP contribution in [0.5, 0.6) is 5.75 Å². The van der Waals surface area contributed by atoms with E-state index in [1.54, 1.807) is 25.3 Å². The van der Waals surface area contributed by atoms with Crippen LogP contribution in [0.4, 0.5) is 4.39 Å². The van der Waals surface area contributed by atoms with E-state index in [1.807, 2.05) is 24.3 Å². The maximum Gasteiger partial charge on any atom is 0.244 e. The quantitative estimate of drug-likeness (QED) is 0.832. The van der Waals surface area contributed by atoms with Crippen LogP contribution in [0.1, 0.15) is 11.1 Å². The minimum Gasteiger partial charge on any atom is -0.497 e. The van der Waals surface area contributed by atoms with Crippen molar-refractivity contribution in [3.8, 4) is 5.75 Å². The second kappa shape index (κ2) is 7.98. The zero-order chi connectivity index (χ0) is 15.8. The van der Waals surface area contributed by atoms with E-state index >= 15 is 0 Å². The van der Waals surface area contributed by atoms with Crippen molar-refractivity contribution in [1.29, 1.82) is 0 Å². The fourth-order valence-electron chi connectivity index (χ4n) is 1.93. The molecule has 1 N–H and O–H groups in total. The summed E-state index contributed by atoms with van der Waals surface area (Å²) in [4.78, 5) is 11.7. The smallest absolute Gasteiger partial charge is 0.244 e. The van der Waals surface area contributed by atoms with Gasteiger partial charge in [-0.05, 0) is 47.9 Å². The lowest BCUT2D eigenvalue weighted by Crippen LogP contribution is -2.23. The zero-order valence-corrected chi connectivity index (χ0v) is 12.4. The number of benzene rings is 2. The molecule has 0 aliphatic rings. The average Bonchev–Trinajstić information content (AvgIpc) is 2.55. The number of carbonyl (C=O) groups is 1. The van der Waals surface area contributed by atoms with Crippen LogP contribution in [0.25, 0.3) is 6.08 Å². The van der Waals surface area contributed by atoms with Gasteiger partial charge in [0.05, 0.1) is 7.11 Å². The number of ether oxygens (including phenoxy) is 1. The molecule has 0 saturated heterocycles. The highest BCUT2D eigenvalue weighted by molar-refractivity contribution is 5.91. The number of methoxy groups -OCH3 is 1. The first-order chi connectivity index (χ1) is 10.7. The number of carbonyl (C=O) groups excluding carboxylic acids is 1. The van der Waals surface area contributed by atoms with Gasteiger partial charge in [0, 0.05) is 12.6 Å². The lowest BCUT2D eigenvalue weighted by Gasteiger charge is -2.04. The van der Waals surface area contributed by atoms with Crippen molar-refractivity contribution in [2.75, 3.05) is 13.7 Å². The van der Waals surface area contributed by atoms with Crippen LogP contribution in [0.3, 0.4) is 0 Å². The van der Waals surface area contributed by atoms with E-state index in [1.165, 1.54) is 18.2 Å². The first-order valence-electron chi connectivity index (χ1n) is 7.02. The van der Waals surface area contributed by atoms with E-state index in [2.05, 4.69) is 5.32 Å². The summed E-state index contributed by atoms with van der Waals surface area (Å²) in [6.45, 7) is 0.554. The Balaban J connectivity index is 1.76. The highest BCUT2D eigenvalue weighted by atomic mass is 19.1. The van der Waals surface area contributed by atoms with E-state index in [0.717, 1.165) is 23.3 Å². The van der Waals surface area contributed by atoms with Crippen LogP contribution in [0.15, 0.2) is 54.6 Å². The summed E-state index contributed by atoms with van der Waals surface area (Å²) in [7, 11) is 1.63. The molecule has 0 bridgehead atoms. The first-order valence-corrected chi connectivity index (χ1v) is 7.02. The molecule has 4 heteroatoms. The van der Waals surface area contributed by atoms with Gasteiger partial charge in [-0.1, -0.05) is 24.3 Å². The summed E-state index contributed by atoms with van der Waals surface area (Å²) < 4.78 is 17.8. The van der Waals surface area contributed by atoms with Crippen molar-refractivity contribution in [3.05, 3.63) is 71.6 Å². The predicted molar refractivity (Wildman–Crippen MR) is 85.1 cm³/mol. The number of hydrogen-bond acceptors (Lipinski definition) is 2. The van der Waals surface area contributed by atoms with Crippen LogP contribution in [0.2, 0.25) is 0 Å². The lowest BCUT2D eigenvalue weighted by molar-refractivity contribution is -0.116. The molecule has 114 valence electrons. The molecule has 2 aromatic rings. The summed E-state index contributed by atoms with van der Waals surface area (Å²) in [5, 5.41) is 2.81. The van der Waals surface area contributed by atoms with Gasteiger partial charge in [0.25, 0.3) is 0 Å². The maximum absolute atomic E-state index is 12.7. The lowest BCUT2D eigenvalue weighted by atomic mass is 10.1. The summed E-state index contributed by atoms with van der Waals surface area (Å²) in [5.41, 5.74) is 1.91. The Morgan fingerprint density at radius 3 is 2.45 bits per heavy atom. The molecule has 0 saturated carbocycles. The Hall–Kier alpha value is -2.62. The van der Waals surface area contributed by atoms with Gasteiger partial charge in [0.15, 0.2) is 0 Å². The number of hydrogen-bond donors (Lipinski definition) is 1. The van der Waals surface area contributed by atoms with Gasteiger partial charge in [0.2, 0.25) is 5.91 Å². The van der Waals surface area contributed by atoms with Gasteiger partial charge in [-0.25, -0.2) is 4.39 Å². The number of nitrogens with one attached hydrogen (secondary N) is 1. The summed E-state index contributed by atoms with van der Waals surface area (Å²) >= 11 is 0. The molecule has 0 radical (unpaired) electrons. The van der Waals surface area contributed by atoms with Crippen LogP contribution < -0.4 is 10.1 Å². The van der Waals surface area contributed by atoms with Gasteiger partial charge in [-0.3, -0.25) is 4.79 Å². The van der Waals surface area contributed by atoms with Crippen molar-refractivity contribution >= 4 is 12.0 Å². The SMILES string of the molecule is COc1ccc(CCNC(=O)/C=C/c2ccc(F)cc2)cc1. The summed E-state index contributed by atoms with van der Waals surface area (Å²) in [6.07, 6.45) is 3.85. The molecule has 0 unspecified atom stereocenters. The molecule has 2 aromatic carbocycles. The fourth-order valence-corrected chi connectivity index (χ4v) is 1.93. The molecule has 0 heterocycles. The molecule has 1 amide bonds. The third-order valence-corrected chi connectivity index (χ3v) is 3.17. The third-order valence-electron chi connectivity index (χ3n) is 3.17. The van der Waals surface area contributed by atoms with Crippen molar-refractivity contribution in [1.82, 2.24) is 5.32 Å². The standard InChI is InChI=1S/C18H18FNO2/c1-22-17-9-4-15(5-10-17)12-13-20-18(21)11-6-14-2-7-16(19)8-3-14/h2-11H,12-13H2,1H3,(H,20,21)/b11-6+. The van der Waals surface area contributed by atoms with Crippen molar-refractivity contribution in [2.24, 2.45) is 0 Å². The van der Waals surface area contributed by atoms with Gasteiger partial charge in [-0.15, -0.1) is 0 Å². The average molecular weight is 299 g/mol. The van der Waals surface area contributed by atoms with E-state index in [9.17, 15) is 9.18 Å². The topological polar surface area (TPSA) is 38.3 Å². The van der Waals surface area contributed by atoms with Gasteiger partial charge in [0.1, 0.15) is 11.6 Å². The first kappa shape index (κ1) is 15.8. The van der Waals surface area contributed by atoms with Crippen LogP contribution in [0, 0.1) is 5.82 Å². The predicted octanol–water partition coefficient (Wildman–Crippen LogP) is 3.21. The maximum atomic E-state index is 12.7. The number of halogens is 1. The van der Waals surface area contributed by atoms with Crippen LogP contribution >= 0.6 is 0 Å². The van der Waals surface area contributed by atoms with Crippen molar-refractivity contribution in [2.45, 2.75) is 6.42 Å². The number of amides is 1. The molecule has 0 aliphatic carbocycles. The fraction of sp³-hybridized carbons (Fsp3) is 0.167. The molecular formula is C18H18FNO2. The van der Waals surface area contributed by atoms with E-state index in [4.69, 9.17) is 4.74 Å². The molecule has 0 aliphatic heterocycles. The zero-order valence-electron chi connectivity index (χ0n) is 12.4. The summed E-state index contributed by atoms with van der Waals surface area (Å²) in [6, 6.07) is 13.7. The molecule has 22 heavy (non-hydrogen) atoms. The summed E-state index contributed by atoms with van der Waals surface area (Å²) in [5.74, 6) is 0.356. The molecule has 0 atom stereocenters. The Bertz CT molecular complexity index is 633. The van der Waals surface area contributed by atoms with E-state index in [0.29, 0.717) is 6.54 Å². The van der Waals surface area contributed by atoms with Crippen LogP contribution in [-0.2, 0) is 11.2 Å². The molecule has 0 aromatic heterocycles. The van der Waals surface area contributed by atoms with Gasteiger partial charge in [-0.2, -0.15) is 0 Å². The minimum atomic E-state index is -0.291. The van der Waals surface area contributed by atoms with Gasteiger partial charge >= 0.3 is 0 Å². The molecule has 2 rings (SSSR count). The highest BCUT2D eigenvalue weighted by Crippen LogP contribution is 2.11. The normalized spacial score (nSPS) is 10.6. The Morgan fingerprint density at radius 1 is 1.14 bits per heavy atom. The monoisotopic (exact) mass is 299 g/mol. The second-order valence-corrected chi connectivity index (χ2v) is 4.77. The minimum absolute atomic E-state index is 0.169. The number of rotatable bonds is 6. The molecule has 3 nitrogen and oxygen atoms in total. The van der Waals surface area contributed by atoms with E-state index < -0.39 is 0 Å². The molecule has 0 spiro atoms. The molecule has 0 fully saturated rings. The van der Waals surface area contributed by atoms with Crippen molar-refractivity contribution < 1.29 is 13.9 Å². The van der Waals surface area contributed by atoms with Crippen molar-refractivity contribution in [3.63, 3.8) is 0 Å². The Kier molecular flexibility index (Phi) is 5.72. The highest BCUT2D eigenvalue weighted by Gasteiger charge is 1.98. The Morgan fingerprint density at radius 2 is 1.82 bits per heavy atom. The second-order valence-electron chi connectivity index (χ2n) is 4.77. The third kappa shape index (κ3) is 5.05. The Labute approximate surface area is 129 Å². The van der Waals surface area contributed by atoms with Crippen LogP contribution in [-0.4, -0.2) is 19.6 Å². The van der Waals surface area contributed by atoms with Gasteiger partial charge < -0.3 is 10.1 Å².